The zero-order valence-corrected chi connectivity index (χ0v) is 23.3. The molecular weight excluding hydrogens is 525 g/mol. The average molecular weight is 559 g/mol. The van der Waals surface area contributed by atoms with Crippen molar-refractivity contribution in [2.75, 3.05) is 0 Å². The summed E-state index contributed by atoms with van der Waals surface area (Å²) < 4.78 is 28.0. The fraction of sp³-hybridized carbons (Fsp3) is 0.600. The van der Waals surface area contributed by atoms with Gasteiger partial charge in [-0.25, -0.2) is 18.1 Å². The maximum absolute atomic E-state index is 13.1. The molecule has 10 heteroatoms. The molecule has 4 rings (SSSR count). The molecular formula is C25H33Cl2N3O3S2. The largest absolute Gasteiger partial charge is 0.347 e. The number of halogens is 2. The van der Waals surface area contributed by atoms with E-state index in [9.17, 15) is 13.2 Å². The van der Waals surface area contributed by atoms with Crippen LogP contribution in [-0.2, 0) is 16.4 Å². The predicted molar refractivity (Wildman–Crippen MR) is 143 cm³/mol. The molecule has 6 nitrogen and oxygen atoms in total. The molecule has 2 fully saturated rings. The molecule has 0 saturated heterocycles. The fourth-order valence-electron chi connectivity index (χ4n) is 5.07. The Morgan fingerprint density at radius 1 is 1.06 bits per heavy atom. The van der Waals surface area contributed by atoms with E-state index in [0.29, 0.717) is 16.5 Å². The van der Waals surface area contributed by atoms with Crippen molar-refractivity contribution < 1.29 is 13.2 Å². The van der Waals surface area contributed by atoms with Crippen LogP contribution in [0.5, 0.6) is 0 Å². The minimum Gasteiger partial charge on any atom is -0.347 e. The van der Waals surface area contributed by atoms with Crippen molar-refractivity contribution in [1.82, 2.24) is 15.0 Å². The van der Waals surface area contributed by atoms with Crippen LogP contribution in [0.1, 0.15) is 87.1 Å². The van der Waals surface area contributed by atoms with Gasteiger partial charge in [-0.15, -0.1) is 11.3 Å². The van der Waals surface area contributed by atoms with Crippen molar-refractivity contribution in [2.45, 2.75) is 95.0 Å². The van der Waals surface area contributed by atoms with E-state index in [1.165, 1.54) is 36.7 Å². The van der Waals surface area contributed by atoms with Gasteiger partial charge in [0.1, 0.15) is 4.90 Å². The quantitative estimate of drug-likeness (QED) is 0.382. The lowest BCUT2D eigenvalue weighted by Gasteiger charge is -2.22. The SMILES string of the molecule is CC(C)NS(=O)(=O)c1ccc(-c2sc(C(=O)NC3CCCCC3)nc2CC2CCCC2)c(Cl)c1Cl. The van der Waals surface area contributed by atoms with Crippen molar-refractivity contribution in [3.63, 3.8) is 0 Å². The van der Waals surface area contributed by atoms with Crippen LogP contribution < -0.4 is 10.0 Å². The Balaban J connectivity index is 1.69. The van der Waals surface area contributed by atoms with Crippen LogP contribution in [0.3, 0.4) is 0 Å². The third-order valence-electron chi connectivity index (χ3n) is 6.76. The molecule has 2 saturated carbocycles. The highest BCUT2D eigenvalue weighted by Gasteiger charge is 2.28. The van der Waals surface area contributed by atoms with E-state index in [-0.39, 0.29) is 32.9 Å². The Labute approximate surface area is 222 Å². The first-order chi connectivity index (χ1) is 16.7. The number of hydrogen-bond acceptors (Lipinski definition) is 5. The van der Waals surface area contributed by atoms with Gasteiger partial charge in [0.25, 0.3) is 5.91 Å². The lowest BCUT2D eigenvalue weighted by Crippen LogP contribution is -2.36. The molecule has 0 bridgehead atoms. The summed E-state index contributed by atoms with van der Waals surface area (Å²) in [4.78, 5) is 18.6. The van der Waals surface area contributed by atoms with Crippen LogP contribution in [0.2, 0.25) is 10.0 Å². The fourth-order valence-corrected chi connectivity index (χ4v) is 8.27. The van der Waals surface area contributed by atoms with Crippen molar-refractivity contribution in [3.05, 3.63) is 32.9 Å². The van der Waals surface area contributed by atoms with E-state index in [0.717, 1.165) is 55.5 Å². The highest BCUT2D eigenvalue weighted by molar-refractivity contribution is 7.89. The van der Waals surface area contributed by atoms with Gasteiger partial charge in [0.05, 0.1) is 20.6 Å². The lowest BCUT2D eigenvalue weighted by atomic mass is 9.95. The zero-order chi connectivity index (χ0) is 25.2. The maximum atomic E-state index is 13.1. The number of rotatable bonds is 8. The Kier molecular flexibility index (Phi) is 8.80. The first-order valence-electron chi connectivity index (χ1n) is 12.5. The molecule has 0 spiro atoms. The van der Waals surface area contributed by atoms with Crippen molar-refractivity contribution in [1.29, 1.82) is 0 Å². The van der Waals surface area contributed by atoms with Crippen LogP contribution in [0.4, 0.5) is 0 Å². The number of nitrogens with zero attached hydrogens (tertiary/aromatic N) is 1. The van der Waals surface area contributed by atoms with Crippen LogP contribution in [0, 0.1) is 5.92 Å². The van der Waals surface area contributed by atoms with Crippen LogP contribution in [0.15, 0.2) is 17.0 Å². The summed E-state index contributed by atoms with van der Waals surface area (Å²) in [5.74, 6) is 0.373. The molecule has 2 aromatic rings. The summed E-state index contributed by atoms with van der Waals surface area (Å²) in [6.45, 7) is 3.49. The molecule has 1 aromatic heterocycles. The second kappa shape index (κ2) is 11.5. The van der Waals surface area contributed by atoms with Gasteiger partial charge in [-0.3, -0.25) is 4.79 Å². The Bertz CT molecular complexity index is 1170. The number of nitrogens with one attached hydrogen (secondary N) is 2. The summed E-state index contributed by atoms with van der Waals surface area (Å²) in [7, 11) is -3.81. The normalized spacial score (nSPS) is 17.9. The molecule has 1 amide bonds. The zero-order valence-electron chi connectivity index (χ0n) is 20.2. The van der Waals surface area contributed by atoms with Crippen LogP contribution in [0.25, 0.3) is 10.4 Å². The van der Waals surface area contributed by atoms with E-state index in [4.69, 9.17) is 28.2 Å². The average Bonchev–Trinajstić information content (AvgIpc) is 3.46. The number of thiazole rings is 1. The van der Waals surface area contributed by atoms with E-state index < -0.39 is 10.0 Å². The van der Waals surface area contributed by atoms with Crippen molar-refractivity contribution >= 4 is 50.5 Å². The Morgan fingerprint density at radius 3 is 2.37 bits per heavy atom. The standard InChI is InChI=1S/C25H33Cl2N3O3S2/c1-15(2)30-35(32,33)20-13-12-18(21(26)22(20)27)23-19(14-16-8-6-7-9-16)29-25(34-23)24(31)28-17-10-4-3-5-11-17/h12-13,15-17,30H,3-11,14H2,1-2H3,(H,28,31). The molecule has 35 heavy (non-hydrogen) atoms. The molecule has 0 unspecified atom stereocenters. The molecule has 192 valence electrons. The number of aromatic nitrogens is 1. The van der Waals surface area contributed by atoms with E-state index >= 15 is 0 Å². The lowest BCUT2D eigenvalue weighted by molar-refractivity contribution is 0.0927. The van der Waals surface area contributed by atoms with Gasteiger partial charge in [0.2, 0.25) is 10.0 Å². The van der Waals surface area contributed by atoms with Gasteiger partial charge >= 0.3 is 0 Å². The Hall–Kier alpha value is -1.19. The maximum Gasteiger partial charge on any atom is 0.280 e. The molecule has 2 aliphatic rings. The predicted octanol–water partition coefficient (Wildman–Crippen LogP) is 6.60. The summed E-state index contributed by atoms with van der Waals surface area (Å²) in [6.07, 6.45) is 11.0. The van der Waals surface area contributed by atoms with E-state index in [2.05, 4.69) is 10.0 Å². The molecule has 0 atom stereocenters. The number of sulfonamides is 1. The van der Waals surface area contributed by atoms with Crippen LogP contribution >= 0.6 is 34.5 Å². The molecule has 2 aliphatic carbocycles. The Morgan fingerprint density at radius 2 is 1.71 bits per heavy atom. The number of carbonyl (C=O) groups is 1. The summed E-state index contributed by atoms with van der Waals surface area (Å²) >= 11 is 14.5. The highest BCUT2D eigenvalue weighted by Crippen LogP contribution is 2.43. The van der Waals surface area contributed by atoms with E-state index in [1.807, 2.05) is 0 Å². The number of hydrogen-bond donors (Lipinski definition) is 2. The first kappa shape index (κ1) is 26.9. The smallest absolute Gasteiger partial charge is 0.280 e. The first-order valence-corrected chi connectivity index (χ1v) is 15.5. The van der Waals surface area contributed by atoms with Gasteiger partial charge < -0.3 is 5.32 Å². The second-order valence-electron chi connectivity index (χ2n) is 9.97. The van der Waals surface area contributed by atoms with Crippen molar-refractivity contribution in [3.8, 4) is 10.4 Å². The van der Waals surface area contributed by atoms with Crippen molar-refractivity contribution in [2.24, 2.45) is 5.92 Å². The monoisotopic (exact) mass is 557 g/mol. The summed E-state index contributed by atoms with van der Waals surface area (Å²) in [5, 5.41) is 3.72. The number of carbonyl (C=O) groups excluding carboxylic acids is 1. The molecule has 2 N–H and O–H groups in total. The minimum atomic E-state index is -3.81. The summed E-state index contributed by atoms with van der Waals surface area (Å²) in [5.41, 5.74) is 1.45. The summed E-state index contributed by atoms with van der Waals surface area (Å²) in [6, 6.07) is 3.07. The number of amides is 1. The van der Waals surface area contributed by atoms with Gasteiger partial charge in [0.15, 0.2) is 5.01 Å². The number of benzene rings is 1. The van der Waals surface area contributed by atoms with Gasteiger partial charge in [0, 0.05) is 17.6 Å². The van der Waals surface area contributed by atoms with Gasteiger partial charge in [-0.1, -0.05) is 74.2 Å². The molecule has 0 aliphatic heterocycles. The molecule has 1 heterocycles. The second-order valence-corrected chi connectivity index (χ2v) is 13.4. The third-order valence-corrected chi connectivity index (χ3v) is 10.6. The third kappa shape index (κ3) is 6.39. The van der Waals surface area contributed by atoms with Gasteiger partial charge in [-0.05, 0) is 45.1 Å². The molecule has 1 aromatic carbocycles. The highest BCUT2D eigenvalue weighted by atomic mass is 35.5. The van der Waals surface area contributed by atoms with Crippen LogP contribution in [-0.4, -0.2) is 31.4 Å². The van der Waals surface area contributed by atoms with E-state index in [1.54, 1.807) is 19.9 Å². The van der Waals surface area contributed by atoms with Gasteiger partial charge in [-0.2, -0.15) is 0 Å². The topological polar surface area (TPSA) is 88.2 Å². The molecule has 0 radical (unpaired) electrons. The minimum absolute atomic E-state index is 0.0225.